The van der Waals surface area contributed by atoms with E-state index < -0.39 is 46.7 Å². The Morgan fingerprint density at radius 2 is 1.76 bits per heavy atom. The molecule has 204 valence electrons. The maximum absolute atomic E-state index is 14.8. The zero-order valence-corrected chi connectivity index (χ0v) is 25.8. The number of ether oxygens (including phenoxy) is 1. The molecule has 1 heterocycles. The third kappa shape index (κ3) is 7.07. The zero-order valence-electron chi connectivity index (χ0n) is 22.4. The summed E-state index contributed by atoms with van der Waals surface area (Å²) >= 11 is 3.37. The fourth-order valence-electron chi connectivity index (χ4n) is 4.30. The Kier molecular flexibility index (Phi) is 8.79. The molecule has 0 aromatic heterocycles. The molecular weight excluding hydrogens is 580 g/mol. The van der Waals surface area contributed by atoms with Crippen LogP contribution in [-0.2, 0) is 19.2 Å². The number of rotatable bonds is 8. The van der Waals surface area contributed by atoms with Crippen LogP contribution in [0.25, 0.3) is 0 Å². The van der Waals surface area contributed by atoms with Gasteiger partial charge in [-0.1, -0.05) is 48.8 Å². The first-order valence-electron chi connectivity index (χ1n) is 12.3. The maximum Gasteiger partial charge on any atom is 0.267 e. The Morgan fingerprint density at radius 3 is 2.32 bits per heavy atom. The van der Waals surface area contributed by atoms with Gasteiger partial charge in [0.05, 0.1) is 0 Å². The fourth-order valence-corrected chi connectivity index (χ4v) is 7.39. The van der Waals surface area contributed by atoms with Gasteiger partial charge in [-0.3, -0.25) is 0 Å². The van der Waals surface area contributed by atoms with E-state index in [2.05, 4.69) is 54.2 Å². The third-order valence-electron chi connectivity index (χ3n) is 7.27. The molecule has 0 aliphatic carbocycles. The van der Waals surface area contributed by atoms with E-state index in [0.29, 0.717) is 18.6 Å². The topological polar surface area (TPSA) is 65.0 Å². The molecule has 0 saturated carbocycles. The van der Waals surface area contributed by atoms with Crippen LogP contribution in [0.2, 0.25) is 18.1 Å². The van der Waals surface area contributed by atoms with Crippen LogP contribution in [0.5, 0.6) is 0 Å². The van der Waals surface area contributed by atoms with Crippen LogP contribution in [0.3, 0.4) is 0 Å². The van der Waals surface area contributed by atoms with Crippen LogP contribution < -0.4 is 0 Å². The van der Waals surface area contributed by atoms with Crippen LogP contribution in [0.4, 0.5) is 8.78 Å². The minimum absolute atomic E-state index is 0.00302. The molecule has 0 bridgehead atoms. The molecular formula is C27H36BrF2NO4SSi. The number of nitrogens with zero attached hydrogens (tertiary/aromatic N) is 1. The number of hydrogen-bond acceptors (Lipinski definition) is 4. The standard InChI is InChI=1S/C27H36BrF2NO4SSi/c1-26(2,3)37(6,7)34-15-14-19(22-17-21(29)12-13-23(22)30)16-24-31-36(32,33)25(27(4,5)35-24)18-8-10-20(28)11-9-18/h8-13,17,19,25H,14-16H2,1-7H3/t19-,25?/m1/s1. The van der Waals surface area contributed by atoms with E-state index in [1.165, 1.54) is 0 Å². The number of halogens is 3. The van der Waals surface area contributed by atoms with Crippen LogP contribution in [-0.4, -0.2) is 34.8 Å². The largest absolute Gasteiger partial charge is 0.472 e. The van der Waals surface area contributed by atoms with Gasteiger partial charge in [-0.25, -0.2) is 17.2 Å². The van der Waals surface area contributed by atoms with Crippen molar-refractivity contribution in [3.05, 3.63) is 69.7 Å². The molecule has 0 N–H and O–H groups in total. The smallest absolute Gasteiger partial charge is 0.267 e. The Bertz CT molecular complexity index is 1260. The summed E-state index contributed by atoms with van der Waals surface area (Å²) in [6.07, 6.45) is 0.350. The Hall–Kier alpha value is -1.62. The molecule has 1 aliphatic heterocycles. The lowest BCUT2D eigenvalue weighted by atomic mass is 9.91. The Balaban J connectivity index is 1.92. The Labute approximate surface area is 229 Å². The number of sulfonamides is 1. The van der Waals surface area contributed by atoms with Gasteiger partial charge < -0.3 is 9.16 Å². The minimum atomic E-state index is -4.00. The highest BCUT2D eigenvalue weighted by molar-refractivity contribution is 9.10. The summed E-state index contributed by atoms with van der Waals surface area (Å²) in [5.74, 6) is -1.74. The predicted octanol–water partition coefficient (Wildman–Crippen LogP) is 7.89. The van der Waals surface area contributed by atoms with Crippen molar-refractivity contribution in [3.8, 4) is 0 Å². The van der Waals surface area contributed by atoms with Crippen LogP contribution in [0.15, 0.2) is 51.3 Å². The molecule has 0 saturated heterocycles. The lowest BCUT2D eigenvalue weighted by molar-refractivity contribution is 0.0797. The number of hydrogen-bond donors (Lipinski definition) is 0. The first kappa shape index (κ1) is 29.9. The molecule has 2 atom stereocenters. The van der Waals surface area contributed by atoms with Crippen LogP contribution >= 0.6 is 15.9 Å². The number of benzene rings is 2. The van der Waals surface area contributed by atoms with Crippen molar-refractivity contribution in [2.24, 2.45) is 4.40 Å². The summed E-state index contributed by atoms with van der Waals surface area (Å²) in [6, 6.07) is 10.3. The molecule has 0 spiro atoms. The van der Waals surface area contributed by atoms with Crippen LogP contribution in [0, 0.1) is 11.6 Å². The van der Waals surface area contributed by atoms with Gasteiger partial charge in [-0.05, 0) is 85.8 Å². The van der Waals surface area contributed by atoms with E-state index in [-0.39, 0.29) is 22.9 Å². The van der Waals surface area contributed by atoms with Crippen molar-refractivity contribution in [2.45, 2.75) is 82.4 Å². The van der Waals surface area contributed by atoms with Gasteiger partial charge in [0.25, 0.3) is 10.0 Å². The van der Waals surface area contributed by atoms with Gasteiger partial charge in [-0.2, -0.15) is 0 Å². The van der Waals surface area contributed by atoms with Crippen molar-refractivity contribution in [2.75, 3.05) is 6.61 Å². The molecule has 0 radical (unpaired) electrons. The monoisotopic (exact) mass is 615 g/mol. The summed E-state index contributed by atoms with van der Waals surface area (Å²) < 4.78 is 72.9. The normalized spacial score (nSPS) is 20.2. The van der Waals surface area contributed by atoms with E-state index in [0.717, 1.165) is 22.7 Å². The first-order valence-corrected chi connectivity index (χ1v) is 17.5. The van der Waals surface area contributed by atoms with Crippen molar-refractivity contribution in [1.82, 2.24) is 0 Å². The third-order valence-corrected chi connectivity index (χ3v) is 14.2. The highest BCUT2D eigenvalue weighted by atomic mass is 79.9. The van der Waals surface area contributed by atoms with Crippen molar-refractivity contribution >= 4 is 40.2 Å². The molecule has 2 aromatic rings. The van der Waals surface area contributed by atoms with Gasteiger partial charge in [0.2, 0.25) is 5.90 Å². The lowest BCUT2D eigenvalue weighted by Gasteiger charge is -2.38. The van der Waals surface area contributed by atoms with Crippen molar-refractivity contribution in [3.63, 3.8) is 0 Å². The molecule has 1 unspecified atom stereocenters. The highest BCUT2D eigenvalue weighted by Crippen LogP contribution is 2.42. The molecule has 5 nitrogen and oxygen atoms in total. The Morgan fingerprint density at radius 1 is 1.14 bits per heavy atom. The second-order valence-corrected chi connectivity index (χ2v) is 19.0. The summed E-state index contributed by atoms with van der Waals surface area (Å²) in [7, 11) is -6.07. The second-order valence-electron chi connectivity index (χ2n) is 11.6. The highest BCUT2D eigenvalue weighted by Gasteiger charge is 2.47. The average Bonchev–Trinajstić information content (AvgIpc) is 2.73. The second kappa shape index (κ2) is 10.9. The van der Waals surface area contributed by atoms with Gasteiger partial charge >= 0.3 is 0 Å². The van der Waals surface area contributed by atoms with Crippen LogP contribution in [0.1, 0.15) is 69.8 Å². The molecule has 10 heteroatoms. The quantitative estimate of drug-likeness (QED) is 0.283. The first-order chi connectivity index (χ1) is 16.9. The van der Waals surface area contributed by atoms with Gasteiger partial charge in [-0.15, -0.1) is 4.40 Å². The summed E-state index contributed by atoms with van der Waals surface area (Å²) in [4.78, 5) is 0. The fraction of sp³-hybridized carbons (Fsp3) is 0.519. The lowest BCUT2D eigenvalue weighted by Crippen LogP contribution is -2.43. The molecule has 37 heavy (non-hydrogen) atoms. The predicted molar refractivity (Wildman–Crippen MR) is 150 cm³/mol. The molecule has 3 rings (SSSR count). The van der Waals surface area contributed by atoms with Gasteiger partial charge in [0, 0.05) is 17.5 Å². The summed E-state index contributed by atoms with van der Waals surface area (Å²) in [5, 5.41) is -1.02. The maximum atomic E-state index is 14.8. The molecule has 2 aromatic carbocycles. The molecule has 0 fully saturated rings. The van der Waals surface area contributed by atoms with E-state index in [1.807, 2.05) is 0 Å². The van der Waals surface area contributed by atoms with Gasteiger partial charge in [0.1, 0.15) is 22.5 Å². The summed E-state index contributed by atoms with van der Waals surface area (Å²) in [6.45, 7) is 14.3. The average molecular weight is 617 g/mol. The SMILES string of the molecule is CC1(C)OC(C[C@@H](CCO[Si](C)(C)C(C)(C)C)c2cc(F)ccc2F)=NS(=O)(=O)C1c1ccc(Br)cc1. The van der Waals surface area contributed by atoms with E-state index in [1.54, 1.807) is 38.1 Å². The molecule has 1 aliphatic rings. The zero-order chi connectivity index (χ0) is 27.8. The van der Waals surface area contributed by atoms with E-state index in [4.69, 9.17) is 9.16 Å². The van der Waals surface area contributed by atoms with E-state index in [9.17, 15) is 17.2 Å². The minimum Gasteiger partial charge on any atom is -0.472 e. The van der Waals surface area contributed by atoms with Gasteiger partial charge in [0.15, 0.2) is 8.32 Å². The van der Waals surface area contributed by atoms with Crippen molar-refractivity contribution < 1.29 is 26.4 Å². The summed E-state index contributed by atoms with van der Waals surface area (Å²) in [5.41, 5.74) is -0.422. The van der Waals surface area contributed by atoms with E-state index >= 15 is 0 Å². The van der Waals surface area contributed by atoms with Crippen molar-refractivity contribution in [1.29, 1.82) is 0 Å². The molecule has 0 amide bonds.